The number of esters is 1. The van der Waals surface area contributed by atoms with Gasteiger partial charge in [-0.15, -0.1) is 0 Å². The summed E-state index contributed by atoms with van der Waals surface area (Å²) in [5.41, 5.74) is 0.344. The van der Waals surface area contributed by atoms with E-state index in [-0.39, 0.29) is 29.2 Å². The normalized spacial score (nSPS) is 10.1. The molecule has 0 spiro atoms. The lowest BCUT2D eigenvalue weighted by atomic mass is 10.2. The van der Waals surface area contributed by atoms with Crippen molar-refractivity contribution in [2.24, 2.45) is 0 Å². The number of aromatic nitrogens is 2. The third-order valence-corrected chi connectivity index (χ3v) is 2.69. The highest BCUT2D eigenvalue weighted by atomic mass is 35.5. The number of methoxy groups -OCH3 is 1. The number of hydrogen-bond donors (Lipinski definition) is 2. The van der Waals surface area contributed by atoms with Gasteiger partial charge in [0.1, 0.15) is 0 Å². The van der Waals surface area contributed by atoms with Crippen molar-refractivity contribution in [2.45, 2.75) is 0 Å². The van der Waals surface area contributed by atoms with E-state index >= 15 is 0 Å². The Bertz CT molecular complexity index is 699. The molecule has 0 unspecified atom stereocenters. The van der Waals surface area contributed by atoms with Crippen LogP contribution < -0.4 is 10.1 Å². The predicted molar refractivity (Wildman–Crippen MR) is 75.9 cm³/mol. The molecular formula is C13H11ClFN3O4. The average Bonchev–Trinajstić information content (AvgIpc) is 2.49. The summed E-state index contributed by atoms with van der Waals surface area (Å²) in [6, 6.07) is 4.19. The van der Waals surface area contributed by atoms with Crippen molar-refractivity contribution in [1.82, 2.24) is 9.97 Å². The first-order valence-electron chi connectivity index (χ1n) is 5.97. The standard InChI is InChI=1S/C13H11ClFN3O4/c1-21-11(20)6-22-10-3-2-7(4-9(10)19)17-12-8(15)5-16-13(14)18-12/h2-5,19H,6H2,1H3,(H,16,17,18). The number of hydrogen-bond acceptors (Lipinski definition) is 7. The van der Waals surface area contributed by atoms with Crippen molar-refractivity contribution >= 4 is 29.1 Å². The maximum Gasteiger partial charge on any atom is 0.343 e. The number of halogens is 2. The number of nitrogens with one attached hydrogen (secondary N) is 1. The first-order chi connectivity index (χ1) is 10.5. The van der Waals surface area contributed by atoms with E-state index in [0.29, 0.717) is 5.69 Å². The van der Waals surface area contributed by atoms with E-state index in [4.69, 9.17) is 16.3 Å². The van der Waals surface area contributed by atoms with Crippen molar-refractivity contribution in [1.29, 1.82) is 0 Å². The fraction of sp³-hybridized carbons (Fsp3) is 0.154. The molecule has 2 rings (SSSR count). The van der Waals surface area contributed by atoms with Gasteiger partial charge in [0.25, 0.3) is 0 Å². The number of carbonyl (C=O) groups is 1. The predicted octanol–water partition coefficient (Wildman–Crippen LogP) is 2.27. The van der Waals surface area contributed by atoms with Crippen LogP contribution in [-0.2, 0) is 9.53 Å². The summed E-state index contributed by atoms with van der Waals surface area (Å²) in [4.78, 5) is 18.1. The summed E-state index contributed by atoms with van der Waals surface area (Å²) in [5, 5.41) is 12.3. The molecule has 0 aliphatic carbocycles. The molecule has 0 saturated heterocycles. The summed E-state index contributed by atoms with van der Waals surface area (Å²) in [5.74, 6) is -1.58. The summed E-state index contributed by atoms with van der Waals surface area (Å²) in [6.45, 7) is -0.340. The largest absolute Gasteiger partial charge is 0.504 e. The van der Waals surface area contributed by atoms with Crippen LogP contribution in [0.1, 0.15) is 0 Å². The van der Waals surface area contributed by atoms with Gasteiger partial charge < -0.3 is 19.9 Å². The highest BCUT2D eigenvalue weighted by molar-refractivity contribution is 6.28. The molecule has 7 nitrogen and oxygen atoms in total. The molecule has 1 aromatic heterocycles. The van der Waals surface area contributed by atoms with E-state index < -0.39 is 11.8 Å². The van der Waals surface area contributed by atoms with Crippen LogP contribution in [0.3, 0.4) is 0 Å². The van der Waals surface area contributed by atoms with E-state index in [1.165, 1.54) is 25.3 Å². The number of anilines is 2. The first-order valence-corrected chi connectivity index (χ1v) is 6.35. The minimum Gasteiger partial charge on any atom is -0.504 e. The molecule has 0 aliphatic rings. The van der Waals surface area contributed by atoms with Crippen LogP contribution in [0.4, 0.5) is 15.9 Å². The molecule has 0 amide bonds. The molecule has 1 aromatic carbocycles. The summed E-state index contributed by atoms with van der Waals surface area (Å²) in [6.07, 6.45) is 0.922. The molecule has 2 N–H and O–H groups in total. The highest BCUT2D eigenvalue weighted by Crippen LogP contribution is 2.30. The minimum absolute atomic E-state index is 0.0807. The topological polar surface area (TPSA) is 93.6 Å². The van der Waals surface area contributed by atoms with Gasteiger partial charge in [0.2, 0.25) is 5.28 Å². The number of benzene rings is 1. The molecule has 1 heterocycles. The van der Waals surface area contributed by atoms with Crippen LogP contribution >= 0.6 is 11.6 Å². The molecule has 116 valence electrons. The van der Waals surface area contributed by atoms with Gasteiger partial charge in [-0.1, -0.05) is 0 Å². The summed E-state index contributed by atoms with van der Waals surface area (Å²) < 4.78 is 23.0. The quantitative estimate of drug-likeness (QED) is 0.642. The summed E-state index contributed by atoms with van der Waals surface area (Å²) >= 11 is 5.58. The molecular weight excluding hydrogens is 317 g/mol. The van der Waals surface area contributed by atoms with Crippen molar-refractivity contribution in [3.8, 4) is 11.5 Å². The van der Waals surface area contributed by atoms with E-state index in [9.17, 15) is 14.3 Å². The van der Waals surface area contributed by atoms with Gasteiger partial charge in [-0.2, -0.15) is 4.98 Å². The number of phenolic OH excluding ortho intramolecular Hbond substituents is 1. The van der Waals surface area contributed by atoms with Crippen LogP contribution in [0, 0.1) is 5.82 Å². The Morgan fingerprint density at radius 1 is 1.50 bits per heavy atom. The molecule has 0 atom stereocenters. The lowest BCUT2D eigenvalue weighted by Gasteiger charge is -2.10. The Morgan fingerprint density at radius 2 is 2.27 bits per heavy atom. The molecule has 0 bridgehead atoms. The van der Waals surface area contributed by atoms with Crippen LogP contribution in [-0.4, -0.2) is 34.8 Å². The van der Waals surface area contributed by atoms with Gasteiger partial charge in [0.15, 0.2) is 29.7 Å². The van der Waals surface area contributed by atoms with Gasteiger partial charge in [0, 0.05) is 11.8 Å². The zero-order valence-corrected chi connectivity index (χ0v) is 12.1. The minimum atomic E-state index is -0.699. The number of rotatable bonds is 5. The Hall–Kier alpha value is -2.61. The monoisotopic (exact) mass is 327 g/mol. The maximum absolute atomic E-state index is 13.5. The molecule has 0 fully saturated rings. The number of nitrogens with zero attached hydrogens (tertiary/aromatic N) is 2. The Morgan fingerprint density at radius 3 is 2.95 bits per heavy atom. The zero-order chi connectivity index (χ0) is 16.1. The van der Waals surface area contributed by atoms with E-state index in [1.807, 2.05) is 0 Å². The second kappa shape index (κ2) is 6.90. The molecule has 0 aliphatic heterocycles. The van der Waals surface area contributed by atoms with Gasteiger partial charge in [-0.25, -0.2) is 14.2 Å². The Kier molecular flexibility index (Phi) is 4.95. The molecule has 9 heteroatoms. The number of ether oxygens (including phenoxy) is 2. The van der Waals surface area contributed by atoms with Gasteiger partial charge in [-0.3, -0.25) is 0 Å². The van der Waals surface area contributed by atoms with E-state index in [1.54, 1.807) is 0 Å². The molecule has 22 heavy (non-hydrogen) atoms. The Labute approximate surface area is 129 Å². The van der Waals surface area contributed by atoms with E-state index in [2.05, 4.69) is 20.0 Å². The third-order valence-electron chi connectivity index (χ3n) is 2.51. The number of phenols is 1. The Balaban J connectivity index is 2.12. The summed E-state index contributed by atoms with van der Waals surface area (Å²) in [7, 11) is 1.22. The first kappa shape index (κ1) is 15.8. The van der Waals surface area contributed by atoms with Crippen molar-refractivity contribution in [3.63, 3.8) is 0 Å². The highest BCUT2D eigenvalue weighted by Gasteiger charge is 2.10. The van der Waals surface area contributed by atoms with Crippen LogP contribution in [0.2, 0.25) is 5.28 Å². The van der Waals surface area contributed by atoms with Crippen LogP contribution in [0.5, 0.6) is 11.5 Å². The molecule has 2 aromatic rings. The zero-order valence-electron chi connectivity index (χ0n) is 11.3. The molecule has 0 saturated carbocycles. The smallest absolute Gasteiger partial charge is 0.343 e. The van der Waals surface area contributed by atoms with Crippen LogP contribution in [0.25, 0.3) is 0 Å². The fourth-order valence-electron chi connectivity index (χ4n) is 1.48. The number of aromatic hydroxyl groups is 1. The SMILES string of the molecule is COC(=O)COc1ccc(Nc2nc(Cl)ncc2F)cc1O. The van der Waals surface area contributed by atoms with E-state index in [0.717, 1.165) is 6.20 Å². The van der Waals surface area contributed by atoms with Crippen molar-refractivity contribution in [2.75, 3.05) is 19.0 Å². The lowest BCUT2D eigenvalue weighted by molar-refractivity contribution is -0.142. The van der Waals surface area contributed by atoms with Crippen molar-refractivity contribution < 1.29 is 23.8 Å². The molecule has 0 radical (unpaired) electrons. The van der Waals surface area contributed by atoms with Gasteiger partial charge >= 0.3 is 5.97 Å². The fourth-order valence-corrected chi connectivity index (χ4v) is 1.62. The van der Waals surface area contributed by atoms with Gasteiger partial charge in [-0.05, 0) is 23.7 Å². The average molecular weight is 328 g/mol. The maximum atomic E-state index is 13.5. The lowest BCUT2D eigenvalue weighted by Crippen LogP contribution is -2.12. The van der Waals surface area contributed by atoms with Gasteiger partial charge in [0.05, 0.1) is 13.3 Å². The van der Waals surface area contributed by atoms with Crippen molar-refractivity contribution in [3.05, 3.63) is 35.5 Å². The van der Waals surface area contributed by atoms with Crippen LogP contribution in [0.15, 0.2) is 24.4 Å². The second-order valence-electron chi connectivity index (χ2n) is 4.01. The number of carbonyl (C=O) groups excluding carboxylic acids is 1. The third kappa shape index (κ3) is 3.95. The second-order valence-corrected chi connectivity index (χ2v) is 4.35.